The second-order valence-corrected chi connectivity index (χ2v) is 10.0. The zero-order valence-electron chi connectivity index (χ0n) is 19.9. The van der Waals surface area contributed by atoms with E-state index >= 15 is 0 Å². The summed E-state index contributed by atoms with van der Waals surface area (Å²) in [6.45, 7) is 14.1. The smallest absolute Gasteiger partial charge is 0.410 e. The Morgan fingerprint density at radius 1 is 0.867 bits per heavy atom. The van der Waals surface area contributed by atoms with Crippen molar-refractivity contribution in [2.45, 2.75) is 84.5 Å². The number of amides is 2. The van der Waals surface area contributed by atoms with Crippen LogP contribution < -0.4 is 0 Å². The Labute approximate surface area is 181 Å². The summed E-state index contributed by atoms with van der Waals surface area (Å²) < 4.78 is 15.8. The van der Waals surface area contributed by atoms with Crippen molar-refractivity contribution in [3.05, 3.63) is 0 Å². The summed E-state index contributed by atoms with van der Waals surface area (Å²) in [5.74, 6) is 0.214. The van der Waals surface area contributed by atoms with Gasteiger partial charge in [-0.15, -0.1) is 0 Å². The molecule has 0 aromatic heterocycles. The number of aliphatic hydroxyl groups excluding tert-OH is 1. The van der Waals surface area contributed by atoms with Gasteiger partial charge in [-0.2, -0.15) is 0 Å². The van der Waals surface area contributed by atoms with Crippen LogP contribution in [0, 0.1) is 5.92 Å². The summed E-state index contributed by atoms with van der Waals surface area (Å²) in [6, 6.07) is 0. The Balaban J connectivity index is 0.000000300. The molecule has 8 nitrogen and oxygen atoms in total. The quantitative estimate of drug-likeness (QED) is 0.719. The number of piperidine rings is 2. The summed E-state index contributed by atoms with van der Waals surface area (Å²) in [6.07, 6.45) is 3.62. The van der Waals surface area contributed by atoms with Crippen LogP contribution in [0.15, 0.2) is 0 Å². The first kappa shape index (κ1) is 26.5. The van der Waals surface area contributed by atoms with Gasteiger partial charge in [0.05, 0.1) is 12.6 Å². The molecule has 176 valence electrons. The number of ether oxygens (including phenoxy) is 3. The van der Waals surface area contributed by atoms with E-state index in [0.717, 1.165) is 38.8 Å². The Hall–Kier alpha value is -1.54. The van der Waals surface area contributed by atoms with Gasteiger partial charge in [-0.1, -0.05) is 0 Å². The van der Waals surface area contributed by atoms with Crippen LogP contribution in [0.5, 0.6) is 0 Å². The van der Waals surface area contributed by atoms with Crippen molar-refractivity contribution in [1.82, 2.24) is 9.80 Å². The Bertz CT molecular complexity index is 493. The number of carbonyl (C=O) groups excluding carboxylic acids is 2. The van der Waals surface area contributed by atoms with Crippen molar-refractivity contribution in [2.75, 3.05) is 39.9 Å². The lowest BCUT2D eigenvalue weighted by Crippen LogP contribution is -2.45. The first-order chi connectivity index (χ1) is 13.8. The van der Waals surface area contributed by atoms with Gasteiger partial charge in [-0.3, -0.25) is 0 Å². The summed E-state index contributed by atoms with van der Waals surface area (Å²) in [4.78, 5) is 26.8. The lowest BCUT2D eigenvalue weighted by molar-refractivity contribution is -0.00623. The van der Waals surface area contributed by atoms with Gasteiger partial charge in [0.15, 0.2) is 0 Å². The third kappa shape index (κ3) is 10.5. The molecule has 0 bridgehead atoms. The van der Waals surface area contributed by atoms with Crippen LogP contribution in [0.2, 0.25) is 0 Å². The van der Waals surface area contributed by atoms with Gasteiger partial charge in [0.2, 0.25) is 0 Å². The van der Waals surface area contributed by atoms with Crippen LogP contribution in [0.3, 0.4) is 0 Å². The largest absolute Gasteiger partial charge is 0.444 e. The van der Waals surface area contributed by atoms with Gasteiger partial charge >= 0.3 is 12.2 Å². The Morgan fingerprint density at radius 3 is 1.77 bits per heavy atom. The molecule has 2 heterocycles. The maximum atomic E-state index is 11.7. The van der Waals surface area contributed by atoms with Crippen LogP contribution in [-0.2, 0) is 14.2 Å². The molecule has 0 saturated carbocycles. The second kappa shape index (κ2) is 11.7. The number of nitrogens with zero attached hydrogens (tertiary/aromatic N) is 2. The third-order valence-electron chi connectivity index (χ3n) is 4.79. The van der Waals surface area contributed by atoms with E-state index in [1.807, 2.05) is 41.5 Å². The van der Waals surface area contributed by atoms with Crippen LogP contribution in [-0.4, -0.2) is 84.3 Å². The van der Waals surface area contributed by atoms with Crippen LogP contribution in [0.25, 0.3) is 0 Å². The molecule has 1 N–H and O–H groups in total. The molecule has 30 heavy (non-hydrogen) atoms. The number of likely N-dealkylation sites (tertiary alicyclic amines) is 2. The fourth-order valence-corrected chi connectivity index (χ4v) is 3.33. The molecule has 0 aromatic carbocycles. The fourth-order valence-electron chi connectivity index (χ4n) is 3.33. The van der Waals surface area contributed by atoms with E-state index in [0.29, 0.717) is 13.1 Å². The number of hydrogen-bond donors (Lipinski definition) is 1. The predicted octanol–water partition coefficient (Wildman–Crippen LogP) is 3.66. The molecule has 2 aliphatic heterocycles. The lowest BCUT2D eigenvalue weighted by atomic mass is 9.99. The number of hydrogen-bond acceptors (Lipinski definition) is 6. The monoisotopic (exact) mass is 430 g/mol. The molecule has 0 aromatic rings. The van der Waals surface area contributed by atoms with E-state index in [1.54, 1.807) is 16.9 Å². The molecule has 0 radical (unpaired) electrons. The van der Waals surface area contributed by atoms with Crippen molar-refractivity contribution in [3.8, 4) is 0 Å². The Kier molecular flexibility index (Phi) is 10.4. The molecule has 0 unspecified atom stereocenters. The molecule has 2 amide bonds. The van der Waals surface area contributed by atoms with Gasteiger partial charge in [-0.25, -0.2) is 9.59 Å². The summed E-state index contributed by atoms with van der Waals surface area (Å²) in [5, 5.41) is 9.04. The maximum Gasteiger partial charge on any atom is 0.410 e. The normalized spacial score (nSPS) is 22.7. The molecular formula is C22H42N2O6. The van der Waals surface area contributed by atoms with E-state index in [1.165, 1.54) is 0 Å². The Morgan fingerprint density at radius 2 is 1.33 bits per heavy atom. The summed E-state index contributed by atoms with van der Waals surface area (Å²) in [7, 11) is 1.68. The lowest BCUT2D eigenvalue weighted by Gasteiger charge is -2.33. The highest BCUT2D eigenvalue weighted by atomic mass is 16.6. The molecule has 8 heteroatoms. The zero-order valence-corrected chi connectivity index (χ0v) is 19.9. The highest BCUT2D eigenvalue weighted by Crippen LogP contribution is 2.19. The highest BCUT2D eigenvalue weighted by molar-refractivity contribution is 5.68. The van der Waals surface area contributed by atoms with E-state index in [-0.39, 0.29) is 30.8 Å². The first-order valence-electron chi connectivity index (χ1n) is 10.9. The minimum absolute atomic E-state index is 0.152. The van der Waals surface area contributed by atoms with Crippen molar-refractivity contribution in [3.63, 3.8) is 0 Å². The number of aliphatic hydroxyl groups is 1. The minimum atomic E-state index is -0.441. The molecule has 0 spiro atoms. The van der Waals surface area contributed by atoms with Crippen molar-refractivity contribution < 1.29 is 28.9 Å². The average molecular weight is 431 g/mol. The van der Waals surface area contributed by atoms with Crippen molar-refractivity contribution in [1.29, 1.82) is 0 Å². The topological polar surface area (TPSA) is 88.5 Å². The van der Waals surface area contributed by atoms with E-state index in [2.05, 4.69) is 0 Å². The summed E-state index contributed by atoms with van der Waals surface area (Å²) >= 11 is 0. The van der Waals surface area contributed by atoms with Crippen LogP contribution in [0.1, 0.15) is 67.2 Å². The number of methoxy groups -OCH3 is 1. The van der Waals surface area contributed by atoms with Gasteiger partial charge in [0.25, 0.3) is 0 Å². The number of rotatable bonds is 2. The first-order valence-corrected chi connectivity index (χ1v) is 10.9. The maximum absolute atomic E-state index is 11.7. The molecular weight excluding hydrogens is 388 g/mol. The van der Waals surface area contributed by atoms with Gasteiger partial charge in [0.1, 0.15) is 11.2 Å². The van der Waals surface area contributed by atoms with E-state index < -0.39 is 11.2 Å². The van der Waals surface area contributed by atoms with Crippen LogP contribution in [0.4, 0.5) is 9.59 Å². The van der Waals surface area contributed by atoms with Gasteiger partial charge in [-0.05, 0) is 73.1 Å². The molecule has 0 aliphatic carbocycles. The van der Waals surface area contributed by atoms with Crippen LogP contribution >= 0.6 is 0 Å². The van der Waals surface area contributed by atoms with Gasteiger partial charge in [0, 0.05) is 33.4 Å². The molecule has 2 aliphatic rings. The SMILES string of the molecule is CC(C)(C)OC(=O)N1CCC[C@@H](CO)C1.CO[C@@H]1CCCN(C(=O)OC(C)(C)C)C1. The molecule has 2 saturated heterocycles. The minimum Gasteiger partial charge on any atom is -0.444 e. The fraction of sp³-hybridized carbons (Fsp3) is 0.909. The molecule has 2 fully saturated rings. The molecule has 2 rings (SSSR count). The van der Waals surface area contributed by atoms with Gasteiger partial charge < -0.3 is 29.1 Å². The van der Waals surface area contributed by atoms with Crippen molar-refractivity contribution in [2.24, 2.45) is 5.92 Å². The van der Waals surface area contributed by atoms with E-state index in [9.17, 15) is 9.59 Å². The number of carbonyl (C=O) groups is 2. The predicted molar refractivity (Wildman–Crippen MR) is 115 cm³/mol. The standard InChI is InChI=1S/2C11H21NO3/c1-11(2,3)15-10(13)12-7-5-6-9(8-12)14-4;1-11(2,3)15-10(14)12-6-4-5-9(7-12)8-13/h9H,5-8H2,1-4H3;9,13H,4-8H2,1-3H3/t2*9-/m11/s1. The zero-order chi connectivity index (χ0) is 22.9. The molecule has 2 atom stereocenters. The van der Waals surface area contributed by atoms with Crippen molar-refractivity contribution >= 4 is 12.2 Å². The average Bonchev–Trinajstić information content (AvgIpc) is 2.66. The third-order valence-corrected chi connectivity index (χ3v) is 4.79. The highest BCUT2D eigenvalue weighted by Gasteiger charge is 2.28. The summed E-state index contributed by atoms with van der Waals surface area (Å²) in [5.41, 5.74) is -0.861. The van der Waals surface area contributed by atoms with E-state index in [4.69, 9.17) is 19.3 Å². The second-order valence-electron chi connectivity index (χ2n) is 10.0.